The Morgan fingerprint density at radius 3 is 2.74 bits per heavy atom. The van der Waals surface area contributed by atoms with Crippen molar-refractivity contribution < 1.29 is 23.9 Å². The molecular weight excluding hydrogens is 496 g/mol. The highest BCUT2D eigenvalue weighted by Crippen LogP contribution is 2.46. The molecule has 1 aromatic heterocycles. The molecule has 39 heavy (non-hydrogen) atoms. The lowest BCUT2D eigenvalue weighted by atomic mass is 9.90. The number of para-hydroxylation sites is 1. The van der Waals surface area contributed by atoms with E-state index >= 15 is 0 Å². The molecule has 0 fully saturated rings. The molecule has 0 bridgehead atoms. The Hall–Kier alpha value is -4.79. The summed E-state index contributed by atoms with van der Waals surface area (Å²) in [4.78, 5) is 45.3. The highest BCUT2D eigenvalue weighted by atomic mass is 16.7. The van der Waals surface area contributed by atoms with Gasteiger partial charge in [0.2, 0.25) is 18.6 Å². The molecule has 0 saturated heterocycles. The van der Waals surface area contributed by atoms with Crippen LogP contribution in [-0.4, -0.2) is 46.5 Å². The van der Waals surface area contributed by atoms with E-state index in [1.165, 1.54) is 0 Å². The van der Waals surface area contributed by atoms with Crippen LogP contribution in [0.1, 0.15) is 45.7 Å². The number of carbonyl (C=O) groups excluding carboxylic acids is 3. The largest absolute Gasteiger partial charge is 0.454 e. The average Bonchev–Trinajstić information content (AvgIpc) is 3.65. The van der Waals surface area contributed by atoms with Gasteiger partial charge in [-0.3, -0.25) is 14.4 Å². The second-order valence-corrected chi connectivity index (χ2v) is 10.1. The molecule has 3 N–H and O–H groups in total. The quantitative estimate of drug-likeness (QED) is 0.373. The predicted octanol–water partition coefficient (Wildman–Crippen LogP) is 3.19. The molecule has 0 saturated carbocycles. The second kappa shape index (κ2) is 8.90. The molecule has 3 aromatic carbocycles. The number of hydrogen-bond acceptors (Lipinski definition) is 5. The monoisotopic (exact) mass is 522 g/mol. The summed E-state index contributed by atoms with van der Waals surface area (Å²) in [6.07, 6.45) is 0.354. The van der Waals surface area contributed by atoms with Crippen LogP contribution >= 0.6 is 0 Å². The molecule has 4 aromatic rings. The normalized spacial score (nSPS) is 19.3. The number of nitrogens with zero attached hydrogens (tertiary/aromatic N) is 1. The summed E-state index contributed by atoms with van der Waals surface area (Å²) >= 11 is 0. The van der Waals surface area contributed by atoms with Crippen LogP contribution in [0.25, 0.3) is 10.9 Å². The average molecular weight is 523 g/mol. The number of aromatic amines is 1. The van der Waals surface area contributed by atoms with Crippen molar-refractivity contribution in [3.8, 4) is 11.5 Å². The van der Waals surface area contributed by atoms with Gasteiger partial charge in [-0.1, -0.05) is 42.5 Å². The van der Waals surface area contributed by atoms with Crippen molar-refractivity contribution in [2.24, 2.45) is 0 Å². The van der Waals surface area contributed by atoms with E-state index in [1.54, 1.807) is 24.0 Å². The Labute approximate surface area is 224 Å². The third-order valence-electron chi connectivity index (χ3n) is 7.81. The van der Waals surface area contributed by atoms with E-state index in [0.29, 0.717) is 23.5 Å². The zero-order valence-corrected chi connectivity index (χ0v) is 21.2. The maximum Gasteiger partial charge on any atom is 0.255 e. The Bertz CT molecular complexity index is 1660. The van der Waals surface area contributed by atoms with Crippen LogP contribution in [0.2, 0.25) is 0 Å². The van der Waals surface area contributed by atoms with Gasteiger partial charge in [-0.2, -0.15) is 0 Å². The number of hydrogen-bond donors (Lipinski definition) is 3. The van der Waals surface area contributed by atoms with Crippen LogP contribution in [0.3, 0.4) is 0 Å². The Morgan fingerprint density at radius 1 is 1.05 bits per heavy atom. The fraction of sp³-hybridized carbons (Fsp3) is 0.233. The van der Waals surface area contributed by atoms with Gasteiger partial charge in [0.25, 0.3) is 5.91 Å². The fourth-order valence-electron chi connectivity index (χ4n) is 5.91. The zero-order chi connectivity index (χ0) is 26.7. The lowest BCUT2D eigenvalue weighted by molar-refractivity contribution is -0.131. The lowest BCUT2D eigenvalue weighted by Crippen LogP contribution is -2.55. The van der Waals surface area contributed by atoms with Crippen molar-refractivity contribution in [3.05, 3.63) is 94.7 Å². The standard InChI is InChI=1S/C30H26N4O5/c1-16(28(35)31-14-17-10-11-24-25(12-17)39-15-38-24)32-29(36)23-13-21-18-6-4-5-9-22(18)33-26(21)27-19-7-2-3-8-20(19)30(37)34(23)27/h2-12,16,23,27,33H,13-15H2,1H3,(H,31,35)(H,32,36)/t16-,23-,27?/m0/s1. The minimum atomic E-state index is -0.797. The number of amides is 3. The third-order valence-corrected chi connectivity index (χ3v) is 7.81. The highest BCUT2D eigenvalue weighted by molar-refractivity contribution is 6.04. The molecule has 0 aliphatic carbocycles. The molecule has 3 aliphatic heterocycles. The number of fused-ring (bicyclic) bond motifs is 8. The second-order valence-electron chi connectivity index (χ2n) is 10.1. The molecule has 7 rings (SSSR count). The molecule has 9 heteroatoms. The van der Waals surface area contributed by atoms with Crippen LogP contribution in [0.5, 0.6) is 11.5 Å². The van der Waals surface area contributed by atoms with Crippen LogP contribution in [0, 0.1) is 0 Å². The number of rotatable bonds is 5. The molecule has 3 aliphatic rings. The lowest BCUT2D eigenvalue weighted by Gasteiger charge is -2.37. The molecular formula is C30H26N4O5. The Kier molecular flexibility index (Phi) is 5.33. The van der Waals surface area contributed by atoms with E-state index in [-0.39, 0.29) is 31.1 Å². The van der Waals surface area contributed by atoms with Gasteiger partial charge >= 0.3 is 0 Å². The maximum absolute atomic E-state index is 13.7. The van der Waals surface area contributed by atoms with Gasteiger partial charge in [0.1, 0.15) is 12.1 Å². The summed E-state index contributed by atoms with van der Waals surface area (Å²) in [5.74, 6) is 0.455. The van der Waals surface area contributed by atoms with Crippen LogP contribution in [-0.2, 0) is 22.6 Å². The molecule has 3 atom stereocenters. The first-order valence-corrected chi connectivity index (χ1v) is 13.0. The summed E-state index contributed by atoms with van der Waals surface area (Å²) in [7, 11) is 0. The van der Waals surface area contributed by atoms with Crippen molar-refractivity contribution in [2.75, 3.05) is 6.79 Å². The van der Waals surface area contributed by atoms with Gasteiger partial charge in [0, 0.05) is 35.1 Å². The number of H-pyrrole nitrogens is 1. The number of carbonyl (C=O) groups is 3. The molecule has 3 amide bonds. The first kappa shape index (κ1) is 23.3. The van der Waals surface area contributed by atoms with Crippen molar-refractivity contribution in [2.45, 2.75) is 38.0 Å². The first-order chi connectivity index (χ1) is 19.0. The number of nitrogens with one attached hydrogen (secondary N) is 3. The third kappa shape index (κ3) is 3.72. The van der Waals surface area contributed by atoms with Gasteiger partial charge < -0.3 is 30.0 Å². The van der Waals surface area contributed by atoms with Gasteiger partial charge in [-0.25, -0.2) is 0 Å². The van der Waals surface area contributed by atoms with E-state index in [2.05, 4.69) is 15.6 Å². The van der Waals surface area contributed by atoms with E-state index in [1.807, 2.05) is 54.6 Å². The number of aromatic nitrogens is 1. The van der Waals surface area contributed by atoms with Gasteiger partial charge in [-0.05, 0) is 47.9 Å². The first-order valence-electron chi connectivity index (χ1n) is 13.0. The van der Waals surface area contributed by atoms with Crippen molar-refractivity contribution in [3.63, 3.8) is 0 Å². The summed E-state index contributed by atoms with van der Waals surface area (Å²) in [6, 6.07) is 19.0. The van der Waals surface area contributed by atoms with Crippen molar-refractivity contribution in [1.82, 2.24) is 20.5 Å². The molecule has 0 radical (unpaired) electrons. The summed E-state index contributed by atoms with van der Waals surface area (Å²) in [5.41, 5.74) is 5.26. The van der Waals surface area contributed by atoms with Gasteiger partial charge in [-0.15, -0.1) is 0 Å². The molecule has 9 nitrogen and oxygen atoms in total. The Morgan fingerprint density at radius 2 is 1.85 bits per heavy atom. The van der Waals surface area contributed by atoms with E-state index < -0.39 is 18.1 Å². The zero-order valence-electron chi connectivity index (χ0n) is 21.2. The van der Waals surface area contributed by atoms with Gasteiger partial charge in [0.05, 0.1) is 6.04 Å². The predicted molar refractivity (Wildman–Crippen MR) is 142 cm³/mol. The minimum Gasteiger partial charge on any atom is -0.454 e. The van der Waals surface area contributed by atoms with Crippen molar-refractivity contribution >= 4 is 28.6 Å². The highest BCUT2D eigenvalue weighted by Gasteiger charge is 2.49. The maximum atomic E-state index is 13.7. The number of ether oxygens (including phenoxy) is 2. The van der Waals surface area contributed by atoms with E-state index in [4.69, 9.17) is 9.47 Å². The van der Waals surface area contributed by atoms with E-state index in [0.717, 1.165) is 33.3 Å². The SMILES string of the molecule is C[C@H](NC(=O)[C@@H]1Cc2c([nH]c3ccccc23)C2c3ccccc3C(=O)N21)C(=O)NCc1ccc2c(c1)OCO2. The van der Waals surface area contributed by atoms with Crippen LogP contribution in [0.4, 0.5) is 0 Å². The van der Waals surface area contributed by atoms with Crippen LogP contribution < -0.4 is 20.1 Å². The summed E-state index contributed by atoms with van der Waals surface area (Å²) < 4.78 is 10.7. The topological polar surface area (TPSA) is 113 Å². The Balaban J connectivity index is 1.12. The summed E-state index contributed by atoms with van der Waals surface area (Å²) in [5, 5.41) is 6.76. The van der Waals surface area contributed by atoms with Crippen LogP contribution in [0.15, 0.2) is 66.7 Å². The molecule has 196 valence electrons. The van der Waals surface area contributed by atoms with Gasteiger partial charge in [0.15, 0.2) is 11.5 Å². The molecule has 0 spiro atoms. The fourth-order valence-corrected chi connectivity index (χ4v) is 5.91. The molecule has 4 heterocycles. The minimum absolute atomic E-state index is 0.181. The number of benzene rings is 3. The van der Waals surface area contributed by atoms with Crippen molar-refractivity contribution in [1.29, 1.82) is 0 Å². The molecule has 1 unspecified atom stereocenters. The van der Waals surface area contributed by atoms with E-state index in [9.17, 15) is 14.4 Å². The smallest absolute Gasteiger partial charge is 0.255 e. The summed E-state index contributed by atoms with van der Waals surface area (Å²) in [6.45, 7) is 2.10.